The third-order valence-corrected chi connectivity index (χ3v) is 5.54. The van der Waals surface area contributed by atoms with Gasteiger partial charge >= 0.3 is 0 Å². The summed E-state index contributed by atoms with van der Waals surface area (Å²) in [5.41, 5.74) is 0.769. The van der Waals surface area contributed by atoms with Crippen LogP contribution in [0.2, 0.25) is 0 Å². The third kappa shape index (κ3) is 2.22. The topological polar surface area (TPSA) is 50.3 Å². The van der Waals surface area contributed by atoms with Crippen molar-refractivity contribution in [1.82, 2.24) is 4.98 Å². The first-order valence-electron chi connectivity index (χ1n) is 6.45. The van der Waals surface area contributed by atoms with Gasteiger partial charge in [-0.15, -0.1) is 0 Å². The van der Waals surface area contributed by atoms with E-state index in [0.717, 1.165) is 9.78 Å². The van der Waals surface area contributed by atoms with E-state index in [1.807, 2.05) is 0 Å². The summed E-state index contributed by atoms with van der Waals surface area (Å²) in [6.07, 6.45) is 0. The molecule has 3 rings (SSSR count). The molecule has 0 fully saturated rings. The highest BCUT2D eigenvalue weighted by Crippen LogP contribution is 2.40. The Balaban J connectivity index is 2.08. The van der Waals surface area contributed by atoms with Crippen molar-refractivity contribution in [3.05, 3.63) is 44.9 Å². The van der Waals surface area contributed by atoms with Crippen LogP contribution in [0.15, 0.2) is 28.9 Å². The zero-order valence-electron chi connectivity index (χ0n) is 11.8. The van der Waals surface area contributed by atoms with Gasteiger partial charge in [-0.1, -0.05) is 44.2 Å². The highest BCUT2D eigenvalue weighted by Gasteiger charge is 2.39. The highest BCUT2D eigenvalue weighted by atomic mass is 79.9. The maximum Gasteiger partial charge on any atom is 0.268 e. The number of fused-ring (bicyclic) bond motifs is 1. The summed E-state index contributed by atoms with van der Waals surface area (Å²) in [5, 5.41) is 0.415. The minimum atomic E-state index is -0.308. The summed E-state index contributed by atoms with van der Waals surface area (Å²) in [5.74, 6) is -0.616. The van der Waals surface area contributed by atoms with Crippen molar-refractivity contribution >= 4 is 44.2 Å². The molecule has 1 aromatic heterocycles. The second-order valence-electron chi connectivity index (χ2n) is 5.86. The average Bonchev–Trinajstić information content (AvgIpc) is 2.90. The van der Waals surface area contributed by atoms with Crippen molar-refractivity contribution in [1.29, 1.82) is 0 Å². The van der Waals surface area contributed by atoms with Crippen LogP contribution in [0.1, 0.15) is 46.4 Å². The van der Waals surface area contributed by atoms with E-state index in [-0.39, 0.29) is 17.2 Å². The molecule has 0 saturated heterocycles. The molecule has 1 aliphatic heterocycles. The minimum absolute atomic E-state index is 0.104. The fraction of sp³-hybridized carbons (Fsp3) is 0.267. The largest absolute Gasteiger partial charge is 0.268 e. The van der Waals surface area contributed by atoms with Gasteiger partial charge in [0.05, 0.1) is 11.1 Å². The van der Waals surface area contributed by atoms with Gasteiger partial charge in [-0.25, -0.2) is 9.88 Å². The molecule has 0 spiro atoms. The molecule has 21 heavy (non-hydrogen) atoms. The number of hydrogen-bond acceptors (Lipinski definition) is 4. The van der Waals surface area contributed by atoms with Crippen molar-refractivity contribution in [2.75, 3.05) is 4.90 Å². The lowest BCUT2D eigenvalue weighted by Crippen LogP contribution is -2.29. The summed E-state index contributed by atoms with van der Waals surface area (Å²) < 4.78 is 0.687. The molecule has 0 N–H and O–H groups in total. The zero-order valence-corrected chi connectivity index (χ0v) is 14.2. The number of amides is 2. The first kappa shape index (κ1) is 14.4. The summed E-state index contributed by atoms with van der Waals surface area (Å²) in [7, 11) is 0. The average molecular weight is 365 g/mol. The number of halogens is 1. The normalized spacial score (nSPS) is 14.8. The van der Waals surface area contributed by atoms with Crippen LogP contribution in [0.4, 0.5) is 5.13 Å². The molecule has 2 amide bonds. The molecule has 4 nitrogen and oxygen atoms in total. The molecule has 0 radical (unpaired) electrons. The van der Waals surface area contributed by atoms with Gasteiger partial charge in [-0.05, 0) is 33.5 Å². The number of aromatic nitrogens is 1. The first-order valence-corrected chi connectivity index (χ1v) is 8.06. The van der Waals surface area contributed by atoms with E-state index in [4.69, 9.17) is 0 Å². The number of nitrogens with zero attached hydrogens (tertiary/aromatic N) is 2. The number of rotatable bonds is 1. The number of hydrogen-bond donors (Lipinski definition) is 0. The van der Waals surface area contributed by atoms with Crippen LogP contribution in [0, 0.1) is 0 Å². The molecule has 1 aliphatic rings. The van der Waals surface area contributed by atoms with Crippen LogP contribution in [-0.4, -0.2) is 16.8 Å². The fourth-order valence-corrected chi connectivity index (χ4v) is 4.35. The van der Waals surface area contributed by atoms with E-state index < -0.39 is 0 Å². The van der Waals surface area contributed by atoms with Crippen molar-refractivity contribution in [2.45, 2.75) is 26.2 Å². The smallest absolute Gasteiger partial charge is 0.268 e. The van der Waals surface area contributed by atoms with E-state index in [2.05, 4.69) is 41.7 Å². The molecule has 2 heterocycles. The second kappa shape index (κ2) is 4.74. The molecular weight excluding hydrogens is 352 g/mol. The van der Waals surface area contributed by atoms with Crippen LogP contribution in [0.25, 0.3) is 0 Å². The van der Waals surface area contributed by atoms with Crippen LogP contribution in [-0.2, 0) is 5.41 Å². The zero-order chi connectivity index (χ0) is 15.4. The van der Waals surface area contributed by atoms with Gasteiger partial charge in [0.2, 0.25) is 5.13 Å². The quantitative estimate of drug-likeness (QED) is 0.718. The first-order chi connectivity index (χ1) is 9.80. The molecule has 0 atom stereocenters. The molecule has 2 aromatic rings. The molecule has 0 unspecified atom stereocenters. The van der Waals surface area contributed by atoms with Gasteiger partial charge in [0, 0.05) is 4.88 Å². The predicted octanol–water partition coefficient (Wildman–Crippen LogP) is 4.00. The monoisotopic (exact) mass is 364 g/mol. The lowest BCUT2D eigenvalue weighted by molar-refractivity contribution is 0.0926. The summed E-state index contributed by atoms with van der Waals surface area (Å²) in [6, 6.07) is 6.85. The molecule has 0 aliphatic carbocycles. The summed E-state index contributed by atoms with van der Waals surface area (Å²) in [4.78, 5) is 31.4. The third-order valence-electron chi connectivity index (χ3n) is 3.24. The molecule has 1 aromatic carbocycles. The van der Waals surface area contributed by atoms with Crippen LogP contribution < -0.4 is 4.90 Å². The second-order valence-corrected chi connectivity index (χ2v) is 7.59. The lowest BCUT2D eigenvalue weighted by Gasteiger charge is -2.15. The summed E-state index contributed by atoms with van der Waals surface area (Å²) >= 11 is 4.79. The number of imide groups is 1. The Kier molecular flexibility index (Phi) is 3.26. The Morgan fingerprint density at radius 1 is 1.10 bits per heavy atom. The molecule has 0 saturated carbocycles. The van der Waals surface area contributed by atoms with Crippen molar-refractivity contribution in [2.24, 2.45) is 0 Å². The SMILES string of the molecule is CC(C)(C)c1sc(N2C(=O)c3ccccc3C2=O)nc1Br. The van der Waals surface area contributed by atoms with E-state index >= 15 is 0 Å². The summed E-state index contributed by atoms with van der Waals surface area (Å²) in [6.45, 7) is 6.20. The van der Waals surface area contributed by atoms with Crippen molar-refractivity contribution < 1.29 is 9.59 Å². The van der Waals surface area contributed by atoms with E-state index in [9.17, 15) is 9.59 Å². The van der Waals surface area contributed by atoms with E-state index in [1.54, 1.807) is 24.3 Å². The standard InChI is InChI=1S/C15H13BrN2O2S/c1-15(2,3)10-11(16)17-14(21-10)18-12(19)8-6-4-5-7-9(8)13(18)20/h4-7H,1-3H3. The maximum absolute atomic E-state index is 12.4. The van der Waals surface area contributed by atoms with E-state index in [0.29, 0.717) is 20.9 Å². The predicted molar refractivity (Wildman–Crippen MR) is 86.1 cm³/mol. The Bertz CT molecular complexity index is 726. The van der Waals surface area contributed by atoms with Gasteiger partial charge in [-0.2, -0.15) is 0 Å². The van der Waals surface area contributed by atoms with Crippen LogP contribution in [0.5, 0.6) is 0 Å². The number of carbonyl (C=O) groups excluding carboxylic acids is 2. The van der Waals surface area contributed by atoms with Gasteiger partial charge in [0.15, 0.2) is 0 Å². The number of benzene rings is 1. The Morgan fingerprint density at radius 2 is 1.62 bits per heavy atom. The van der Waals surface area contributed by atoms with Crippen LogP contribution >= 0.6 is 27.3 Å². The molecular formula is C15H13BrN2O2S. The fourth-order valence-electron chi connectivity index (χ4n) is 2.21. The van der Waals surface area contributed by atoms with Crippen molar-refractivity contribution in [3.63, 3.8) is 0 Å². The number of anilines is 1. The highest BCUT2D eigenvalue weighted by molar-refractivity contribution is 9.10. The maximum atomic E-state index is 12.4. The Morgan fingerprint density at radius 3 is 2.05 bits per heavy atom. The van der Waals surface area contributed by atoms with Gasteiger partial charge < -0.3 is 0 Å². The van der Waals surface area contributed by atoms with Gasteiger partial charge in [-0.3, -0.25) is 9.59 Å². The van der Waals surface area contributed by atoms with Gasteiger partial charge in [0.1, 0.15) is 4.60 Å². The Labute approximate surface area is 134 Å². The molecule has 6 heteroatoms. The van der Waals surface area contributed by atoms with Crippen molar-refractivity contribution in [3.8, 4) is 0 Å². The molecule has 0 bridgehead atoms. The lowest BCUT2D eigenvalue weighted by atomic mass is 9.96. The number of thiazole rings is 1. The van der Waals surface area contributed by atoms with Crippen LogP contribution in [0.3, 0.4) is 0 Å². The van der Waals surface area contributed by atoms with Gasteiger partial charge in [0.25, 0.3) is 11.8 Å². The number of carbonyl (C=O) groups is 2. The Hall–Kier alpha value is -1.53. The minimum Gasteiger partial charge on any atom is -0.268 e. The molecule has 108 valence electrons. The van der Waals surface area contributed by atoms with E-state index in [1.165, 1.54) is 11.3 Å².